The van der Waals surface area contributed by atoms with Crippen LogP contribution < -0.4 is 0 Å². The van der Waals surface area contributed by atoms with Crippen molar-refractivity contribution in [1.82, 2.24) is 0 Å². The minimum Gasteiger partial charge on any atom is -0.0713 e. The molecule has 0 aliphatic carbocycles. The van der Waals surface area contributed by atoms with E-state index >= 15 is 0 Å². The summed E-state index contributed by atoms with van der Waals surface area (Å²) in [5, 5.41) is 0. The number of hydrogen-bond donors (Lipinski definition) is 0. The van der Waals surface area contributed by atoms with E-state index in [1.807, 2.05) is 6.08 Å². The predicted octanol–water partition coefficient (Wildman–Crippen LogP) is 3.64. The van der Waals surface area contributed by atoms with Gasteiger partial charge in [-0.25, -0.2) is 0 Å². The quantitative estimate of drug-likeness (QED) is 0.573. The zero-order chi connectivity index (χ0) is 7.49. The molecule has 0 aromatic carbocycles. The fourth-order valence-corrected chi connectivity index (χ4v) is 1.61. The lowest BCUT2D eigenvalue weighted by molar-refractivity contribution is 1.51. The van der Waals surface area contributed by atoms with Crippen molar-refractivity contribution in [2.24, 2.45) is 0 Å². The van der Waals surface area contributed by atoms with Crippen LogP contribution in [0.5, 0.6) is 0 Å². The van der Waals surface area contributed by atoms with Gasteiger partial charge in [-0.15, -0.1) is 0 Å². The maximum Gasteiger partial charge on any atom is 0.102 e. The van der Waals surface area contributed by atoms with Gasteiger partial charge in [0.25, 0.3) is 0 Å². The molecule has 0 nitrogen and oxygen atoms in total. The zero-order valence-corrected chi connectivity index (χ0v) is 8.55. The van der Waals surface area contributed by atoms with Gasteiger partial charge in [0, 0.05) is 8.07 Å². The fraction of sp³-hybridized carbons (Fsp3) is 0.667. The molecule has 0 N–H and O–H groups in total. The first-order chi connectivity index (χ1) is 3.92. The van der Waals surface area contributed by atoms with Crippen molar-refractivity contribution in [3.8, 4) is 0 Å². The maximum atomic E-state index is 5.43. The van der Waals surface area contributed by atoms with E-state index in [9.17, 15) is 0 Å². The molecule has 0 saturated heterocycles. The van der Waals surface area contributed by atoms with Crippen LogP contribution in [-0.2, 0) is 0 Å². The summed E-state index contributed by atoms with van der Waals surface area (Å²) in [4.78, 5) is 0. The molecule has 0 spiro atoms. The molecular formula is C6H12Cl2Si. The lowest BCUT2D eigenvalue weighted by Gasteiger charge is -2.11. The summed E-state index contributed by atoms with van der Waals surface area (Å²) in [5.41, 5.74) is 0. The Balaban J connectivity index is 3.64. The standard InChI is InChI=1S/C6H12Cl2Si/c1-9(2,3)5-4-6(7)8/h4H,5H2,1-3H3. The summed E-state index contributed by atoms with van der Waals surface area (Å²) < 4.78 is 0.400. The molecule has 0 aliphatic heterocycles. The Labute approximate surface area is 67.9 Å². The highest BCUT2D eigenvalue weighted by Crippen LogP contribution is 2.14. The Hall–Kier alpha value is 0.537. The first-order valence-electron chi connectivity index (χ1n) is 2.93. The van der Waals surface area contributed by atoms with Gasteiger partial charge in [-0.3, -0.25) is 0 Å². The normalized spacial score (nSPS) is 11.2. The molecule has 0 rings (SSSR count). The van der Waals surface area contributed by atoms with Crippen LogP contribution in [0.3, 0.4) is 0 Å². The third-order valence-electron chi connectivity index (χ3n) is 0.869. The largest absolute Gasteiger partial charge is 0.102 e. The molecule has 0 aromatic rings. The van der Waals surface area contributed by atoms with Crippen LogP contribution in [-0.4, -0.2) is 8.07 Å². The molecule has 0 fully saturated rings. The molecule has 0 radical (unpaired) electrons. The van der Waals surface area contributed by atoms with Gasteiger partial charge in [-0.05, 0) is 6.04 Å². The first-order valence-corrected chi connectivity index (χ1v) is 7.39. The van der Waals surface area contributed by atoms with E-state index in [2.05, 4.69) is 19.6 Å². The summed E-state index contributed by atoms with van der Waals surface area (Å²) in [5.74, 6) is 0. The van der Waals surface area contributed by atoms with Gasteiger partial charge < -0.3 is 0 Å². The second-order valence-corrected chi connectivity index (χ2v) is 9.80. The SMILES string of the molecule is C[Si](C)(C)CC=C(Cl)Cl. The minimum absolute atomic E-state index is 0.400. The van der Waals surface area contributed by atoms with Crippen LogP contribution in [0.25, 0.3) is 0 Å². The van der Waals surface area contributed by atoms with E-state index < -0.39 is 8.07 Å². The Morgan fingerprint density at radius 3 is 1.89 bits per heavy atom. The third kappa shape index (κ3) is 8.54. The monoisotopic (exact) mass is 182 g/mol. The van der Waals surface area contributed by atoms with Crippen LogP contribution in [0.15, 0.2) is 10.6 Å². The van der Waals surface area contributed by atoms with Crippen molar-refractivity contribution in [2.45, 2.75) is 25.7 Å². The number of hydrogen-bond acceptors (Lipinski definition) is 0. The molecule has 0 bridgehead atoms. The van der Waals surface area contributed by atoms with Gasteiger partial charge in [-0.2, -0.15) is 0 Å². The van der Waals surface area contributed by atoms with Gasteiger partial charge in [0.2, 0.25) is 0 Å². The highest BCUT2D eigenvalue weighted by atomic mass is 35.5. The first kappa shape index (κ1) is 9.54. The Morgan fingerprint density at radius 2 is 1.78 bits per heavy atom. The van der Waals surface area contributed by atoms with Gasteiger partial charge in [-0.1, -0.05) is 48.9 Å². The van der Waals surface area contributed by atoms with Gasteiger partial charge >= 0.3 is 0 Å². The van der Waals surface area contributed by atoms with Crippen LogP contribution >= 0.6 is 23.2 Å². The highest BCUT2D eigenvalue weighted by Gasteiger charge is 2.09. The number of rotatable bonds is 2. The minimum atomic E-state index is -0.965. The average Bonchev–Trinajstić information content (AvgIpc) is 1.59. The van der Waals surface area contributed by atoms with Crippen molar-refractivity contribution in [1.29, 1.82) is 0 Å². The molecule has 54 valence electrons. The van der Waals surface area contributed by atoms with Crippen LogP contribution in [0, 0.1) is 0 Å². The molecule has 0 atom stereocenters. The Bertz CT molecular complexity index is 109. The van der Waals surface area contributed by atoms with Crippen LogP contribution in [0.2, 0.25) is 25.7 Å². The average molecular weight is 183 g/mol. The molecule has 0 unspecified atom stereocenters. The van der Waals surface area contributed by atoms with Crippen molar-refractivity contribution < 1.29 is 0 Å². The number of halogens is 2. The molecular weight excluding hydrogens is 171 g/mol. The van der Waals surface area contributed by atoms with Crippen LogP contribution in [0.1, 0.15) is 0 Å². The molecule has 0 aromatic heterocycles. The zero-order valence-electron chi connectivity index (χ0n) is 6.04. The smallest absolute Gasteiger partial charge is 0.0713 e. The summed E-state index contributed by atoms with van der Waals surface area (Å²) in [6.45, 7) is 6.83. The van der Waals surface area contributed by atoms with Gasteiger partial charge in [0.1, 0.15) is 4.49 Å². The van der Waals surface area contributed by atoms with Gasteiger partial charge in [0.05, 0.1) is 0 Å². The topological polar surface area (TPSA) is 0 Å². The predicted molar refractivity (Wildman–Crippen MR) is 47.9 cm³/mol. The molecule has 0 heterocycles. The maximum absolute atomic E-state index is 5.43. The van der Waals surface area contributed by atoms with E-state index in [1.165, 1.54) is 0 Å². The fourth-order valence-electron chi connectivity index (χ4n) is 0.383. The van der Waals surface area contributed by atoms with Crippen LogP contribution in [0.4, 0.5) is 0 Å². The summed E-state index contributed by atoms with van der Waals surface area (Å²) in [6, 6.07) is 1.06. The van der Waals surface area contributed by atoms with Crippen molar-refractivity contribution >= 4 is 31.3 Å². The lowest BCUT2D eigenvalue weighted by Crippen LogP contribution is -2.17. The van der Waals surface area contributed by atoms with E-state index in [1.54, 1.807) is 0 Å². The Morgan fingerprint density at radius 1 is 1.33 bits per heavy atom. The second-order valence-electron chi connectivity index (χ2n) is 3.26. The summed E-state index contributed by atoms with van der Waals surface area (Å²) >= 11 is 10.9. The second kappa shape index (κ2) is 3.64. The molecule has 0 amide bonds. The lowest BCUT2D eigenvalue weighted by atomic mass is 10.8. The van der Waals surface area contributed by atoms with Crippen molar-refractivity contribution in [3.63, 3.8) is 0 Å². The van der Waals surface area contributed by atoms with Crippen molar-refractivity contribution in [3.05, 3.63) is 10.6 Å². The molecule has 0 aliphatic rings. The summed E-state index contributed by atoms with van der Waals surface area (Å²) in [7, 11) is -0.965. The number of allylic oxidation sites excluding steroid dienone is 1. The molecule has 0 saturated carbocycles. The van der Waals surface area contributed by atoms with Gasteiger partial charge in [0.15, 0.2) is 0 Å². The highest BCUT2D eigenvalue weighted by molar-refractivity contribution is 6.76. The van der Waals surface area contributed by atoms with Crippen molar-refractivity contribution in [2.75, 3.05) is 0 Å². The molecule has 9 heavy (non-hydrogen) atoms. The third-order valence-corrected chi connectivity index (χ3v) is 2.61. The summed E-state index contributed by atoms with van der Waals surface area (Å²) in [6.07, 6.45) is 1.88. The van der Waals surface area contributed by atoms with E-state index in [4.69, 9.17) is 23.2 Å². The Kier molecular flexibility index (Phi) is 3.86. The van der Waals surface area contributed by atoms with E-state index in [-0.39, 0.29) is 0 Å². The van der Waals surface area contributed by atoms with E-state index in [0.717, 1.165) is 6.04 Å². The van der Waals surface area contributed by atoms with E-state index in [0.29, 0.717) is 4.49 Å². The molecule has 3 heteroatoms.